The maximum Gasteiger partial charge on any atom is 0.226 e. The van der Waals surface area contributed by atoms with Crippen LogP contribution in [0.3, 0.4) is 0 Å². The van der Waals surface area contributed by atoms with E-state index in [4.69, 9.17) is 23.8 Å². The molecule has 0 bridgehead atoms. The van der Waals surface area contributed by atoms with Crippen LogP contribution < -0.4 is 10.6 Å². The molecular weight excluding hydrogens is 502 g/mol. The number of hydrogen-bond donors (Lipinski definition) is 2. The summed E-state index contributed by atoms with van der Waals surface area (Å²) in [6.45, 7) is 4.67. The lowest BCUT2D eigenvalue weighted by Crippen LogP contribution is -2.32. The van der Waals surface area contributed by atoms with Gasteiger partial charge in [0.1, 0.15) is 0 Å². The molecule has 6 nitrogen and oxygen atoms in total. The first-order valence-corrected chi connectivity index (χ1v) is 13.0. The van der Waals surface area contributed by atoms with E-state index in [1.165, 1.54) is 0 Å². The molecule has 37 heavy (non-hydrogen) atoms. The Morgan fingerprint density at radius 2 is 1.84 bits per heavy atom. The third-order valence-electron chi connectivity index (χ3n) is 6.69. The van der Waals surface area contributed by atoms with Crippen molar-refractivity contribution in [2.45, 2.75) is 32.4 Å². The van der Waals surface area contributed by atoms with E-state index in [1.54, 1.807) is 6.20 Å². The first-order valence-electron chi connectivity index (χ1n) is 12.2. The van der Waals surface area contributed by atoms with E-state index in [9.17, 15) is 4.79 Å². The lowest BCUT2D eigenvalue weighted by atomic mass is 9.96. The number of pyridine rings is 1. The molecule has 1 amide bonds. The number of aromatic nitrogens is 2. The Morgan fingerprint density at radius 1 is 1.05 bits per heavy atom. The molecule has 0 aliphatic carbocycles. The fraction of sp³-hybridized carbons (Fsp3) is 0.207. The maximum absolute atomic E-state index is 12.8. The second-order valence-corrected chi connectivity index (χ2v) is 9.95. The SMILES string of the molecule is Cc1cc([C@@H]2[C@H](c3ccccn3)NC(=S)N2CCC(=O)Nc2ccccc2)c(C)n1-c1cccc(Cl)c1. The Morgan fingerprint density at radius 3 is 2.57 bits per heavy atom. The summed E-state index contributed by atoms with van der Waals surface area (Å²) in [5, 5.41) is 7.75. The average Bonchev–Trinajstić information content (AvgIpc) is 3.38. The summed E-state index contributed by atoms with van der Waals surface area (Å²) in [4.78, 5) is 19.5. The number of benzene rings is 2. The summed E-state index contributed by atoms with van der Waals surface area (Å²) < 4.78 is 2.21. The monoisotopic (exact) mass is 529 g/mol. The number of thiocarbonyl (C=S) groups is 1. The second-order valence-electron chi connectivity index (χ2n) is 9.13. The minimum absolute atomic E-state index is 0.0570. The number of nitrogens with zero attached hydrogens (tertiary/aromatic N) is 3. The number of nitrogens with one attached hydrogen (secondary N) is 2. The van der Waals surface area contributed by atoms with Crippen molar-refractivity contribution >= 4 is 40.5 Å². The highest BCUT2D eigenvalue weighted by Crippen LogP contribution is 2.41. The van der Waals surface area contributed by atoms with E-state index >= 15 is 0 Å². The van der Waals surface area contributed by atoms with E-state index < -0.39 is 0 Å². The molecule has 188 valence electrons. The number of aryl methyl sites for hydroxylation is 1. The quantitative estimate of drug-likeness (QED) is 0.281. The van der Waals surface area contributed by atoms with Gasteiger partial charge in [0, 0.05) is 46.9 Å². The fourth-order valence-electron chi connectivity index (χ4n) is 5.05. The number of carbonyl (C=O) groups excluding carboxylic acids is 1. The second kappa shape index (κ2) is 10.7. The van der Waals surface area contributed by atoms with Crippen LogP contribution in [0.5, 0.6) is 0 Å². The van der Waals surface area contributed by atoms with Crippen molar-refractivity contribution in [3.8, 4) is 5.69 Å². The topological polar surface area (TPSA) is 62.2 Å². The van der Waals surface area contributed by atoms with Gasteiger partial charge >= 0.3 is 0 Å². The van der Waals surface area contributed by atoms with Gasteiger partial charge in [0.2, 0.25) is 5.91 Å². The third-order valence-corrected chi connectivity index (χ3v) is 7.28. The molecule has 2 aromatic carbocycles. The fourth-order valence-corrected chi connectivity index (χ4v) is 5.57. The lowest BCUT2D eigenvalue weighted by molar-refractivity contribution is -0.116. The van der Waals surface area contributed by atoms with Gasteiger partial charge in [0.15, 0.2) is 5.11 Å². The molecule has 0 spiro atoms. The Bertz CT molecular complexity index is 1420. The van der Waals surface area contributed by atoms with Gasteiger partial charge in [-0.25, -0.2) is 0 Å². The Hall–Kier alpha value is -3.68. The molecule has 0 radical (unpaired) electrons. The van der Waals surface area contributed by atoms with Crippen LogP contribution in [0.1, 0.15) is 41.1 Å². The maximum atomic E-state index is 12.8. The van der Waals surface area contributed by atoms with Gasteiger partial charge in [-0.15, -0.1) is 0 Å². The van der Waals surface area contributed by atoms with Crippen molar-refractivity contribution in [1.29, 1.82) is 0 Å². The van der Waals surface area contributed by atoms with Crippen LogP contribution in [-0.2, 0) is 4.79 Å². The Balaban J connectivity index is 1.48. The molecule has 1 aliphatic heterocycles. The molecule has 1 saturated heterocycles. The number of amides is 1. The normalized spacial score (nSPS) is 17.1. The molecule has 1 fully saturated rings. The van der Waals surface area contributed by atoms with Gasteiger partial charge in [-0.2, -0.15) is 0 Å². The standard InChI is InChI=1S/C29H28ClN5OS/c1-19-17-24(20(2)35(19)23-12-8-9-21(30)18-23)28-27(25-13-6-7-15-31-25)33-29(37)34(28)16-14-26(36)32-22-10-4-3-5-11-22/h3-13,15,17-18,27-28H,14,16H2,1-2H3,(H,32,36)(H,33,37)/t27-,28+/m0/s1. The summed E-state index contributed by atoms with van der Waals surface area (Å²) in [6.07, 6.45) is 2.09. The average molecular weight is 530 g/mol. The van der Waals surface area contributed by atoms with Crippen LogP contribution in [0.25, 0.3) is 5.69 Å². The van der Waals surface area contributed by atoms with Crippen LogP contribution in [-0.4, -0.2) is 32.0 Å². The molecular formula is C29H28ClN5OS. The third kappa shape index (κ3) is 5.24. The van der Waals surface area contributed by atoms with E-state index in [2.05, 4.69) is 51.1 Å². The van der Waals surface area contributed by atoms with Crippen LogP contribution in [0.2, 0.25) is 5.02 Å². The predicted molar refractivity (Wildman–Crippen MR) is 152 cm³/mol. The summed E-state index contributed by atoms with van der Waals surface area (Å²) in [6, 6.07) is 25.1. The van der Waals surface area contributed by atoms with Gasteiger partial charge in [-0.3, -0.25) is 9.78 Å². The van der Waals surface area contributed by atoms with Crippen molar-refractivity contribution in [2.24, 2.45) is 0 Å². The highest BCUT2D eigenvalue weighted by Gasteiger charge is 2.41. The van der Waals surface area contributed by atoms with Gasteiger partial charge in [0.25, 0.3) is 0 Å². The van der Waals surface area contributed by atoms with E-state index in [0.717, 1.165) is 34.0 Å². The highest BCUT2D eigenvalue weighted by atomic mass is 35.5. The minimum atomic E-state index is -0.154. The number of para-hydroxylation sites is 1. The van der Waals surface area contributed by atoms with Crippen molar-refractivity contribution in [3.63, 3.8) is 0 Å². The zero-order valence-electron chi connectivity index (χ0n) is 20.7. The first-order chi connectivity index (χ1) is 17.9. The summed E-state index contributed by atoms with van der Waals surface area (Å²) in [7, 11) is 0. The lowest BCUT2D eigenvalue weighted by Gasteiger charge is -2.28. The van der Waals surface area contributed by atoms with Crippen LogP contribution in [0, 0.1) is 13.8 Å². The molecule has 0 saturated carbocycles. The molecule has 5 rings (SSSR count). The number of halogens is 1. The number of hydrogen-bond acceptors (Lipinski definition) is 3. The molecule has 8 heteroatoms. The number of anilines is 1. The smallest absolute Gasteiger partial charge is 0.226 e. The Kier molecular flexibility index (Phi) is 7.26. The molecule has 4 aromatic rings. The summed E-state index contributed by atoms with van der Waals surface area (Å²) >= 11 is 12.1. The van der Waals surface area contributed by atoms with Crippen LogP contribution in [0.4, 0.5) is 5.69 Å². The molecule has 2 aromatic heterocycles. The largest absolute Gasteiger partial charge is 0.352 e. The predicted octanol–water partition coefficient (Wildman–Crippen LogP) is 6.14. The van der Waals surface area contributed by atoms with Gasteiger partial charge in [0.05, 0.1) is 17.8 Å². The van der Waals surface area contributed by atoms with Crippen molar-refractivity contribution in [2.75, 3.05) is 11.9 Å². The van der Waals surface area contributed by atoms with Crippen LogP contribution >= 0.6 is 23.8 Å². The van der Waals surface area contributed by atoms with E-state index in [1.807, 2.05) is 66.7 Å². The molecule has 2 atom stereocenters. The van der Waals surface area contributed by atoms with Gasteiger partial charge in [-0.1, -0.05) is 41.9 Å². The summed E-state index contributed by atoms with van der Waals surface area (Å²) in [5.41, 5.74) is 6.00. The summed E-state index contributed by atoms with van der Waals surface area (Å²) in [5.74, 6) is -0.0570. The van der Waals surface area contributed by atoms with Gasteiger partial charge < -0.3 is 20.1 Å². The van der Waals surface area contributed by atoms with E-state index in [-0.39, 0.29) is 18.0 Å². The number of rotatable bonds is 7. The molecule has 3 heterocycles. The van der Waals surface area contributed by atoms with Crippen molar-refractivity contribution in [1.82, 2.24) is 19.8 Å². The number of carbonyl (C=O) groups is 1. The minimum Gasteiger partial charge on any atom is -0.352 e. The van der Waals surface area contributed by atoms with Crippen molar-refractivity contribution < 1.29 is 4.79 Å². The van der Waals surface area contributed by atoms with Crippen LogP contribution in [0.15, 0.2) is 85.1 Å². The zero-order valence-corrected chi connectivity index (χ0v) is 22.3. The van der Waals surface area contributed by atoms with E-state index in [0.29, 0.717) is 23.1 Å². The van der Waals surface area contributed by atoms with Crippen molar-refractivity contribution in [3.05, 3.63) is 113 Å². The molecule has 2 N–H and O–H groups in total. The zero-order chi connectivity index (χ0) is 25.9. The Labute approximate surface area is 227 Å². The molecule has 0 unspecified atom stereocenters. The highest BCUT2D eigenvalue weighted by molar-refractivity contribution is 7.80. The molecule has 1 aliphatic rings. The van der Waals surface area contributed by atoms with Gasteiger partial charge in [-0.05, 0) is 80.2 Å². The first kappa shape index (κ1) is 25.0.